The standard InChI is InChI=1S/C12H20F2N2O2/c13-12(14)8-10(18-11(12)17)9-15-4-7-16-5-2-1-3-6-16/h10,15H,1-9H2. The van der Waals surface area contributed by atoms with Crippen LogP contribution in [-0.4, -0.2) is 55.6 Å². The average Bonchev–Trinajstić information content (AvgIpc) is 2.60. The van der Waals surface area contributed by atoms with Gasteiger partial charge in [-0.2, -0.15) is 8.78 Å². The number of carbonyl (C=O) groups is 1. The molecule has 1 unspecified atom stereocenters. The minimum Gasteiger partial charge on any atom is -0.456 e. The number of hydrogen-bond donors (Lipinski definition) is 1. The van der Waals surface area contributed by atoms with E-state index in [4.69, 9.17) is 0 Å². The van der Waals surface area contributed by atoms with E-state index in [2.05, 4.69) is 15.0 Å². The van der Waals surface area contributed by atoms with Crippen LogP contribution in [0.3, 0.4) is 0 Å². The lowest BCUT2D eigenvalue weighted by molar-refractivity contribution is -0.159. The third kappa shape index (κ3) is 3.62. The summed E-state index contributed by atoms with van der Waals surface area (Å²) in [6.07, 6.45) is 2.60. The second-order valence-electron chi connectivity index (χ2n) is 5.04. The maximum Gasteiger partial charge on any atom is 0.377 e. The lowest BCUT2D eigenvalue weighted by Crippen LogP contribution is -2.38. The summed E-state index contributed by atoms with van der Waals surface area (Å²) in [5.74, 6) is -4.68. The first-order valence-corrected chi connectivity index (χ1v) is 6.60. The van der Waals surface area contributed by atoms with Gasteiger partial charge in [0.2, 0.25) is 0 Å². The zero-order chi connectivity index (χ0) is 13.0. The van der Waals surface area contributed by atoms with Gasteiger partial charge in [0.25, 0.3) is 0 Å². The van der Waals surface area contributed by atoms with Gasteiger partial charge in [0.1, 0.15) is 6.10 Å². The first-order chi connectivity index (χ1) is 8.58. The van der Waals surface area contributed by atoms with Crippen molar-refractivity contribution >= 4 is 5.97 Å². The van der Waals surface area contributed by atoms with Crippen molar-refractivity contribution < 1.29 is 18.3 Å². The number of rotatable bonds is 5. The molecule has 0 aromatic carbocycles. The number of ether oxygens (including phenoxy) is 1. The number of carbonyl (C=O) groups excluding carboxylic acids is 1. The Kier molecular flexibility index (Phi) is 4.50. The summed E-state index contributed by atoms with van der Waals surface area (Å²) < 4.78 is 30.4. The second kappa shape index (κ2) is 5.93. The highest BCUT2D eigenvalue weighted by molar-refractivity contribution is 5.79. The van der Waals surface area contributed by atoms with E-state index in [-0.39, 0.29) is 0 Å². The molecule has 0 amide bonds. The number of nitrogens with one attached hydrogen (secondary N) is 1. The Morgan fingerprint density at radius 2 is 2.06 bits per heavy atom. The van der Waals surface area contributed by atoms with Crippen LogP contribution in [-0.2, 0) is 9.53 Å². The Labute approximate surface area is 106 Å². The van der Waals surface area contributed by atoms with Gasteiger partial charge in [0.05, 0.1) is 6.42 Å². The molecule has 0 aromatic rings. The molecule has 2 fully saturated rings. The highest BCUT2D eigenvalue weighted by Gasteiger charge is 2.50. The first-order valence-electron chi connectivity index (χ1n) is 6.60. The smallest absolute Gasteiger partial charge is 0.377 e. The van der Waals surface area contributed by atoms with Crippen LogP contribution in [0.15, 0.2) is 0 Å². The third-order valence-corrected chi connectivity index (χ3v) is 3.48. The number of halogens is 2. The second-order valence-corrected chi connectivity index (χ2v) is 5.04. The molecule has 1 N–H and O–H groups in total. The van der Waals surface area contributed by atoms with Crippen LogP contribution in [0.4, 0.5) is 8.78 Å². The van der Waals surface area contributed by atoms with Crippen LogP contribution in [0.5, 0.6) is 0 Å². The monoisotopic (exact) mass is 262 g/mol. The Bertz CT molecular complexity index is 294. The van der Waals surface area contributed by atoms with Crippen LogP contribution in [0.1, 0.15) is 25.7 Å². The lowest BCUT2D eigenvalue weighted by atomic mass is 10.1. The summed E-state index contributed by atoms with van der Waals surface area (Å²) in [6, 6.07) is 0. The van der Waals surface area contributed by atoms with Gasteiger partial charge in [0.15, 0.2) is 0 Å². The van der Waals surface area contributed by atoms with E-state index in [0.717, 1.165) is 26.2 Å². The minimum absolute atomic E-state index is 0.315. The van der Waals surface area contributed by atoms with Crippen LogP contribution in [0.2, 0.25) is 0 Å². The molecular weight excluding hydrogens is 242 g/mol. The highest BCUT2D eigenvalue weighted by atomic mass is 19.3. The van der Waals surface area contributed by atoms with E-state index in [1.54, 1.807) is 0 Å². The molecule has 18 heavy (non-hydrogen) atoms. The summed E-state index contributed by atoms with van der Waals surface area (Å²) in [7, 11) is 0. The van der Waals surface area contributed by atoms with Crippen LogP contribution >= 0.6 is 0 Å². The van der Waals surface area contributed by atoms with E-state index in [0.29, 0.717) is 6.54 Å². The summed E-state index contributed by atoms with van der Waals surface area (Å²) in [4.78, 5) is 13.1. The molecule has 1 atom stereocenters. The van der Waals surface area contributed by atoms with E-state index < -0.39 is 24.4 Å². The van der Waals surface area contributed by atoms with Crippen molar-refractivity contribution in [3.05, 3.63) is 0 Å². The zero-order valence-electron chi connectivity index (χ0n) is 10.5. The van der Waals surface area contributed by atoms with Crippen molar-refractivity contribution in [2.24, 2.45) is 0 Å². The molecule has 104 valence electrons. The SMILES string of the molecule is O=C1OC(CNCCN2CCCCC2)CC1(F)F. The quantitative estimate of drug-likeness (QED) is 0.593. The molecule has 0 bridgehead atoms. The van der Waals surface area contributed by atoms with Crippen LogP contribution in [0, 0.1) is 0 Å². The molecule has 2 heterocycles. The normalized spacial score (nSPS) is 28.3. The highest BCUT2D eigenvalue weighted by Crippen LogP contribution is 2.30. The molecule has 0 aliphatic carbocycles. The first kappa shape index (κ1) is 13.7. The average molecular weight is 262 g/mol. The Morgan fingerprint density at radius 3 is 2.67 bits per heavy atom. The molecule has 6 heteroatoms. The third-order valence-electron chi connectivity index (χ3n) is 3.48. The van der Waals surface area contributed by atoms with Crippen LogP contribution in [0.25, 0.3) is 0 Å². The van der Waals surface area contributed by atoms with Gasteiger partial charge in [0, 0.05) is 19.6 Å². The number of hydrogen-bond acceptors (Lipinski definition) is 4. The fraction of sp³-hybridized carbons (Fsp3) is 0.917. The molecule has 2 aliphatic heterocycles. The summed E-state index contributed by atoms with van der Waals surface area (Å²) in [5.41, 5.74) is 0. The van der Waals surface area contributed by atoms with E-state index >= 15 is 0 Å². The van der Waals surface area contributed by atoms with Crippen molar-refractivity contribution in [2.75, 3.05) is 32.7 Å². The van der Waals surface area contributed by atoms with Gasteiger partial charge in [-0.1, -0.05) is 6.42 Å². The molecule has 0 saturated carbocycles. The number of piperidine rings is 1. The molecular formula is C12H20F2N2O2. The summed E-state index contributed by atoms with van der Waals surface area (Å²) >= 11 is 0. The maximum absolute atomic E-state index is 12.9. The van der Waals surface area contributed by atoms with Crippen molar-refractivity contribution in [1.29, 1.82) is 0 Å². The van der Waals surface area contributed by atoms with E-state index in [1.165, 1.54) is 19.3 Å². The largest absolute Gasteiger partial charge is 0.456 e. The molecule has 0 radical (unpaired) electrons. The van der Waals surface area contributed by atoms with Gasteiger partial charge in [-0.05, 0) is 25.9 Å². The van der Waals surface area contributed by atoms with Crippen molar-refractivity contribution in [3.63, 3.8) is 0 Å². The predicted octanol–water partition coefficient (Wildman–Crippen LogP) is 1.01. The van der Waals surface area contributed by atoms with Gasteiger partial charge in [-0.3, -0.25) is 0 Å². The molecule has 2 rings (SSSR count). The molecule has 2 saturated heterocycles. The minimum atomic E-state index is -3.29. The lowest BCUT2D eigenvalue weighted by Gasteiger charge is -2.26. The zero-order valence-corrected chi connectivity index (χ0v) is 10.5. The predicted molar refractivity (Wildman–Crippen MR) is 62.6 cm³/mol. The molecule has 4 nitrogen and oxygen atoms in total. The fourth-order valence-electron chi connectivity index (χ4n) is 2.45. The number of alkyl halides is 2. The van der Waals surface area contributed by atoms with Gasteiger partial charge >= 0.3 is 11.9 Å². The van der Waals surface area contributed by atoms with Crippen LogP contribution < -0.4 is 5.32 Å². The topological polar surface area (TPSA) is 41.6 Å². The molecule has 0 aromatic heterocycles. The number of esters is 1. The van der Waals surface area contributed by atoms with Crippen molar-refractivity contribution in [3.8, 4) is 0 Å². The number of likely N-dealkylation sites (tertiary alicyclic amines) is 1. The van der Waals surface area contributed by atoms with E-state index in [1.807, 2.05) is 0 Å². The molecule has 0 spiro atoms. The summed E-state index contributed by atoms with van der Waals surface area (Å²) in [6.45, 7) is 4.24. The van der Waals surface area contributed by atoms with E-state index in [9.17, 15) is 13.6 Å². The van der Waals surface area contributed by atoms with Crippen molar-refractivity contribution in [1.82, 2.24) is 10.2 Å². The maximum atomic E-state index is 12.9. The summed E-state index contributed by atoms with van der Waals surface area (Å²) in [5, 5.41) is 3.08. The molecule has 2 aliphatic rings. The van der Waals surface area contributed by atoms with Gasteiger partial charge < -0.3 is 15.0 Å². The van der Waals surface area contributed by atoms with Gasteiger partial charge in [-0.25, -0.2) is 4.79 Å². The Hall–Kier alpha value is -0.750. The Morgan fingerprint density at radius 1 is 1.33 bits per heavy atom. The Balaban J connectivity index is 1.57. The van der Waals surface area contributed by atoms with Crippen molar-refractivity contribution in [2.45, 2.75) is 37.7 Å². The van der Waals surface area contributed by atoms with Gasteiger partial charge in [-0.15, -0.1) is 0 Å². The number of nitrogens with zero attached hydrogens (tertiary/aromatic N) is 1. The number of cyclic esters (lactones) is 1. The fourth-order valence-corrected chi connectivity index (χ4v) is 2.45.